The number of hydrogen-bond donors (Lipinski definition) is 0. The third-order valence-electron chi connectivity index (χ3n) is 2.86. The van der Waals surface area contributed by atoms with Gasteiger partial charge in [-0.1, -0.05) is 29.8 Å². The molecule has 0 aliphatic carbocycles. The summed E-state index contributed by atoms with van der Waals surface area (Å²) in [6.07, 6.45) is -5.61. The second-order valence-corrected chi connectivity index (χ2v) is 4.92. The summed E-state index contributed by atoms with van der Waals surface area (Å²) in [4.78, 5) is 13.5. The summed E-state index contributed by atoms with van der Waals surface area (Å²) in [6, 6.07) is 7.00. The normalized spacial score (nSPS) is 13.0. The van der Waals surface area contributed by atoms with Crippen LogP contribution in [0.2, 0.25) is 5.02 Å². The zero-order valence-electron chi connectivity index (χ0n) is 11.8. The molecule has 0 fully saturated rings. The lowest BCUT2D eigenvalue weighted by Crippen LogP contribution is -2.39. The topological polar surface area (TPSA) is 29.5 Å². The lowest BCUT2D eigenvalue weighted by Gasteiger charge is -2.25. The van der Waals surface area contributed by atoms with Gasteiger partial charge in [-0.05, 0) is 25.5 Å². The van der Waals surface area contributed by atoms with Crippen molar-refractivity contribution in [3.63, 3.8) is 0 Å². The van der Waals surface area contributed by atoms with E-state index < -0.39 is 24.8 Å². The summed E-state index contributed by atoms with van der Waals surface area (Å²) in [7, 11) is 0. The number of carbonyl (C=O) groups excluding carboxylic acids is 1. The van der Waals surface area contributed by atoms with Gasteiger partial charge in [0.25, 0.3) is 5.91 Å². The van der Waals surface area contributed by atoms with Gasteiger partial charge >= 0.3 is 6.18 Å². The van der Waals surface area contributed by atoms with Crippen LogP contribution in [0.3, 0.4) is 0 Å². The largest absolute Gasteiger partial charge is 0.411 e. The summed E-state index contributed by atoms with van der Waals surface area (Å²) in [5.74, 6) is -0.498. The molecular weight excluding hydrogens is 307 g/mol. The van der Waals surface area contributed by atoms with E-state index >= 15 is 0 Å². The number of halogens is 4. The van der Waals surface area contributed by atoms with E-state index in [4.69, 9.17) is 11.6 Å². The molecule has 1 aromatic rings. The van der Waals surface area contributed by atoms with Crippen LogP contribution in [0.4, 0.5) is 13.2 Å². The number of alkyl halides is 3. The predicted octanol–water partition coefficient (Wildman–Crippen LogP) is 3.66. The summed E-state index contributed by atoms with van der Waals surface area (Å²) >= 11 is 6.01. The number of nitrogens with zero attached hydrogens (tertiary/aromatic N) is 1. The monoisotopic (exact) mass is 323 g/mol. The maximum Gasteiger partial charge on any atom is 0.411 e. The van der Waals surface area contributed by atoms with Gasteiger partial charge in [-0.25, -0.2) is 0 Å². The van der Waals surface area contributed by atoms with Crippen molar-refractivity contribution in [1.29, 1.82) is 0 Å². The van der Waals surface area contributed by atoms with Crippen molar-refractivity contribution < 1.29 is 22.7 Å². The first-order chi connectivity index (χ1) is 9.74. The Balaban J connectivity index is 2.67. The lowest BCUT2D eigenvalue weighted by molar-refractivity contribution is -0.188. The van der Waals surface area contributed by atoms with Crippen LogP contribution >= 0.6 is 11.6 Å². The lowest BCUT2D eigenvalue weighted by atomic mass is 10.2. The van der Waals surface area contributed by atoms with E-state index in [1.54, 1.807) is 31.2 Å². The first kappa shape index (κ1) is 17.8. The average molecular weight is 324 g/mol. The minimum absolute atomic E-state index is 0.231. The number of benzene rings is 1. The Morgan fingerprint density at radius 3 is 2.52 bits per heavy atom. The molecule has 0 aliphatic rings. The van der Waals surface area contributed by atoms with Crippen LogP contribution in [-0.2, 0) is 16.1 Å². The van der Waals surface area contributed by atoms with Gasteiger partial charge in [0.1, 0.15) is 12.7 Å². The minimum Gasteiger partial charge on any atom is -0.359 e. The average Bonchev–Trinajstić information content (AvgIpc) is 2.42. The molecule has 1 amide bonds. The molecule has 0 aromatic heterocycles. The summed E-state index contributed by atoms with van der Waals surface area (Å²) in [5.41, 5.74) is 0.734. The Morgan fingerprint density at radius 1 is 1.38 bits per heavy atom. The van der Waals surface area contributed by atoms with Crippen LogP contribution < -0.4 is 0 Å². The Bertz CT molecular complexity index is 480. The molecule has 0 spiro atoms. The minimum atomic E-state index is -4.45. The first-order valence-electron chi connectivity index (χ1n) is 6.45. The fourth-order valence-corrected chi connectivity index (χ4v) is 1.92. The zero-order chi connectivity index (χ0) is 16.0. The number of rotatable bonds is 6. The van der Waals surface area contributed by atoms with E-state index in [1.165, 1.54) is 11.8 Å². The Labute approximate surface area is 126 Å². The molecule has 0 saturated carbocycles. The summed E-state index contributed by atoms with van der Waals surface area (Å²) in [6.45, 7) is 2.19. The Morgan fingerprint density at radius 2 is 2.00 bits per heavy atom. The van der Waals surface area contributed by atoms with Crippen LogP contribution in [-0.4, -0.2) is 36.2 Å². The van der Waals surface area contributed by atoms with E-state index in [0.717, 1.165) is 5.56 Å². The number of carbonyl (C=O) groups is 1. The molecule has 1 aromatic carbocycles. The van der Waals surface area contributed by atoms with E-state index in [0.29, 0.717) is 11.6 Å². The highest BCUT2D eigenvalue weighted by molar-refractivity contribution is 6.31. The van der Waals surface area contributed by atoms with Gasteiger partial charge in [-0.15, -0.1) is 0 Å². The van der Waals surface area contributed by atoms with E-state index in [-0.39, 0.29) is 6.54 Å². The van der Waals surface area contributed by atoms with Gasteiger partial charge in [-0.3, -0.25) is 4.79 Å². The van der Waals surface area contributed by atoms with Crippen LogP contribution in [0.15, 0.2) is 24.3 Å². The second-order valence-electron chi connectivity index (χ2n) is 4.51. The van der Waals surface area contributed by atoms with Crippen molar-refractivity contribution in [1.82, 2.24) is 4.90 Å². The van der Waals surface area contributed by atoms with Crippen LogP contribution in [0.25, 0.3) is 0 Å². The molecule has 0 N–H and O–H groups in total. The number of likely N-dealkylation sites (N-methyl/N-ethyl adjacent to an activating group) is 1. The van der Waals surface area contributed by atoms with Crippen molar-refractivity contribution in [2.24, 2.45) is 0 Å². The molecular formula is C14H17ClF3NO2. The van der Waals surface area contributed by atoms with Crippen LogP contribution in [0, 0.1) is 0 Å². The second kappa shape index (κ2) is 7.66. The highest BCUT2D eigenvalue weighted by atomic mass is 35.5. The van der Waals surface area contributed by atoms with Gasteiger partial charge in [0.2, 0.25) is 0 Å². The van der Waals surface area contributed by atoms with Gasteiger partial charge < -0.3 is 9.64 Å². The number of hydrogen-bond acceptors (Lipinski definition) is 2. The van der Waals surface area contributed by atoms with E-state index in [1.807, 2.05) is 0 Å². The highest BCUT2D eigenvalue weighted by Crippen LogP contribution is 2.19. The Hall–Kier alpha value is -1.27. The van der Waals surface area contributed by atoms with Crippen LogP contribution in [0.5, 0.6) is 0 Å². The molecule has 1 rings (SSSR count). The van der Waals surface area contributed by atoms with Gasteiger partial charge in [0.05, 0.1) is 0 Å². The SMILES string of the molecule is CCN(Cc1ccccc1Cl)C(=O)C(C)OCC(F)(F)F. The molecule has 1 unspecified atom stereocenters. The molecule has 0 radical (unpaired) electrons. The van der Waals surface area contributed by atoms with Crippen molar-refractivity contribution in [2.75, 3.05) is 13.2 Å². The van der Waals surface area contributed by atoms with Gasteiger partial charge in [-0.2, -0.15) is 13.2 Å². The zero-order valence-corrected chi connectivity index (χ0v) is 12.5. The van der Waals surface area contributed by atoms with Crippen LogP contribution in [0.1, 0.15) is 19.4 Å². The highest BCUT2D eigenvalue weighted by Gasteiger charge is 2.31. The third-order valence-corrected chi connectivity index (χ3v) is 3.23. The standard InChI is InChI=1S/C14H17ClF3NO2/c1-3-19(8-11-6-4-5-7-12(11)15)13(20)10(2)21-9-14(16,17)18/h4-7,10H,3,8-9H2,1-2H3. The van der Waals surface area contributed by atoms with Gasteiger partial charge in [0.15, 0.2) is 0 Å². The number of ether oxygens (including phenoxy) is 1. The molecule has 118 valence electrons. The molecule has 0 saturated heterocycles. The fourth-order valence-electron chi connectivity index (χ4n) is 1.73. The molecule has 3 nitrogen and oxygen atoms in total. The van der Waals surface area contributed by atoms with Gasteiger partial charge in [0, 0.05) is 18.1 Å². The van der Waals surface area contributed by atoms with Crippen molar-refractivity contribution in [3.05, 3.63) is 34.9 Å². The van der Waals surface area contributed by atoms with Crippen molar-refractivity contribution in [2.45, 2.75) is 32.7 Å². The molecule has 0 bridgehead atoms. The van der Waals surface area contributed by atoms with Crippen molar-refractivity contribution in [3.8, 4) is 0 Å². The Kier molecular flexibility index (Phi) is 6.48. The first-order valence-corrected chi connectivity index (χ1v) is 6.83. The van der Waals surface area contributed by atoms with E-state index in [2.05, 4.69) is 4.74 Å². The van der Waals surface area contributed by atoms with Crippen molar-refractivity contribution >= 4 is 17.5 Å². The summed E-state index contributed by atoms with van der Waals surface area (Å²) in [5, 5.41) is 0.507. The summed E-state index contributed by atoms with van der Waals surface area (Å²) < 4.78 is 40.9. The molecule has 0 heterocycles. The van der Waals surface area contributed by atoms with E-state index in [9.17, 15) is 18.0 Å². The molecule has 7 heteroatoms. The maximum absolute atomic E-state index is 12.1. The third kappa shape index (κ3) is 5.93. The smallest absolute Gasteiger partial charge is 0.359 e. The predicted molar refractivity (Wildman–Crippen MR) is 74.0 cm³/mol. The number of amides is 1. The molecule has 0 aliphatic heterocycles. The molecule has 21 heavy (non-hydrogen) atoms. The maximum atomic E-state index is 12.1. The fraction of sp³-hybridized carbons (Fsp3) is 0.500. The quantitative estimate of drug-likeness (QED) is 0.799. The molecule has 1 atom stereocenters.